The van der Waals surface area contributed by atoms with Gasteiger partial charge in [0.05, 0.1) is 30.5 Å². The second-order valence-electron chi connectivity index (χ2n) is 6.58. The second kappa shape index (κ2) is 4.97. The van der Waals surface area contributed by atoms with Crippen LogP contribution in [0, 0.1) is 0 Å². The van der Waals surface area contributed by atoms with Crippen LogP contribution < -0.4 is 0 Å². The molecule has 21 heavy (non-hydrogen) atoms. The highest BCUT2D eigenvalue weighted by Crippen LogP contribution is 2.37. The van der Waals surface area contributed by atoms with Crippen molar-refractivity contribution in [3.63, 3.8) is 0 Å². The minimum Gasteiger partial charge on any atom is -0.377 e. The third-order valence-electron chi connectivity index (χ3n) is 5.08. The number of ether oxygens (including phenoxy) is 1. The molecule has 5 heteroatoms. The van der Waals surface area contributed by atoms with Crippen LogP contribution in [0.1, 0.15) is 31.2 Å². The van der Waals surface area contributed by atoms with Gasteiger partial charge in [0.2, 0.25) is 0 Å². The number of H-pyrrole nitrogens is 1. The molecule has 0 saturated carbocycles. The Hall–Kier alpha value is -1.10. The van der Waals surface area contributed by atoms with E-state index in [0.717, 1.165) is 55.1 Å². The van der Waals surface area contributed by atoms with Crippen molar-refractivity contribution in [1.82, 2.24) is 15.1 Å². The number of fused-ring (bicyclic) bond motifs is 1. The van der Waals surface area contributed by atoms with Crippen molar-refractivity contribution in [2.75, 3.05) is 26.3 Å². The van der Waals surface area contributed by atoms with Gasteiger partial charge in [-0.2, -0.15) is 5.10 Å². The number of benzene rings is 1. The van der Waals surface area contributed by atoms with Gasteiger partial charge in [0.25, 0.3) is 0 Å². The molecule has 2 fully saturated rings. The molecule has 0 spiro atoms. The molecule has 0 atom stereocenters. The smallest absolute Gasteiger partial charge is 0.0671 e. The van der Waals surface area contributed by atoms with Crippen molar-refractivity contribution >= 4 is 22.5 Å². The maximum absolute atomic E-state index is 6.48. The normalized spacial score (nSPS) is 23.3. The van der Waals surface area contributed by atoms with E-state index in [0.29, 0.717) is 5.92 Å². The average Bonchev–Trinajstić information content (AvgIpc) is 2.91. The Morgan fingerprint density at radius 1 is 1.33 bits per heavy atom. The highest BCUT2D eigenvalue weighted by Gasteiger charge is 2.41. The van der Waals surface area contributed by atoms with E-state index in [9.17, 15) is 0 Å². The molecule has 1 aromatic carbocycles. The van der Waals surface area contributed by atoms with Crippen molar-refractivity contribution in [1.29, 1.82) is 0 Å². The van der Waals surface area contributed by atoms with Gasteiger partial charge in [0.15, 0.2) is 0 Å². The predicted molar refractivity (Wildman–Crippen MR) is 83.9 cm³/mol. The fourth-order valence-corrected chi connectivity index (χ4v) is 3.93. The molecule has 3 heterocycles. The molecule has 4 rings (SSSR count). The topological polar surface area (TPSA) is 41.2 Å². The van der Waals surface area contributed by atoms with Crippen LogP contribution >= 0.6 is 11.6 Å². The van der Waals surface area contributed by atoms with Crippen molar-refractivity contribution in [3.8, 4) is 0 Å². The number of aromatic nitrogens is 2. The van der Waals surface area contributed by atoms with Gasteiger partial charge in [-0.3, -0.25) is 10.00 Å². The van der Waals surface area contributed by atoms with Crippen molar-refractivity contribution in [2.24, 2.45) is 0 Å². The van der Waals surface area contributed by atoms with Gasteiger partial charge in [-0.15, -0.1) is 0 Å². The molecule has 2 saturated heterocycles. The molecule has 0 unspecified atom stereocenters. The highest BCUT2D eigenvalue weighted by molar-refractivity contribution is 6.32. The summed E-state index contributed by atoms with van der Waals surface area (Å²) in [6, 6.07) is 4.21. The molecule has 4 nitrogen and oxygen atoms in total. The standard InChI is InChI=1S/C16H20ClN3O/c1-16(9-21-10-16)20-4-2-11(3-5-20)13-7-15-12(6-14(13)17)8-18-19-15/h6-8,11H,2-5,9-10H2,1H3,(H,18,19). The molecular weight excluding hydrogens is 286 g/mol. The summed E-state index contributed by atoms with van der Waals surface area (Å²) >= 11 is 6.48. The summed E-state index contributed by atoms with van der Waals surface area (Å²) < 4.78 is 5.39. The third kappa shape index (κ3) is 2.26. The zero-order valence-electron chi connectivity index (χ0n) is 12.2. The number of rotatable bonds is 2. The predicted octanol–water partition coefficient (Wildman–Crippen LogP) is 3.18. The van der Waals surface area contributed by atoms with Crippen LogP contribution in [-0.2, 0) is 4.74 Å². The minimum atomic E-state index is 0.266. The van der Waals surface area contributed by atoms with Gasteiger partial charge < -0.3 is 4.74 Å². The number of aromatic amines is 1. The van der Waals surface area contributed by atoms with E-state index in [1.54, 1.807) is 0 Å². The fraction of sp³-hybridized carbons (Fsp3) is 0.562. The Balaban J connectivity index is 1.53. The SMILES string of the molecule is CC1(N2CCC(c3cc4[nH]ncc4cc3Cl)CC2)COC1. The minimum absolute atomic E-state index is 0.266. The molecule has 1 N–H and O–H groups in total. The molecule has 2 aliphatic rings. The number of hydrogen-bond donors (Lipinski definition) is 1. The average molecular weight is 306 g/mol. The van der Waals surface area contributed by atoms with E-state index in [1.807, 2.05) is 12.3 Å². The van der Waals surface area contributed by atoms with E-state index in [4.69, 9.17) is 16.3 Å². The van der Waals surface area contributed by atoms with Gasteiger partial charge in [-0.25, -0.2) is 0 Å². The highest BCUT2D eigenvalue weighted by atomic mass is 35.5. The molecule has 1 aromatic heterocycles. The van der Waals surface area contributed by atoms with Crippen LogP contribution in [0.5, 0.6) is 0 Å². The summed E-state index contributed by atoms with van der Waals surface area (Å²) in [4.78, 5) is 2.58. The number of nitrogens with zero attached hydrogens (tertiary/aromatic N) is 2. The van der Waals surface area contributed by atoms with Crippen molar-refractivity contribution in [3.05, 3.63) is 28.9 Å². The van der Waals surface area contributed by atoms with Crippen LogP contribution in [0.15, 0.2) is 18.3 Å². The van der Waals surface area contributed by atoms with Crippen LogP contribution in [-0.4, -0.2) is 46.9 Å². The van der Waals surface area contributed by atoms with Crippen LogP contribution in [0.25, 0.3) is 10.9 Å². The third-order valence-corrected chi connectivity index (χ3v) is 5.41. The molecule has 0 radical (unpaired) electrons. The molecule has 0 amide bonds. The Morgan fingerprint density at radius 3 is 2.76 bits per heavy atom. The lowest BCUT2D eigenvalue weighted by molar-refractivity contribution is -0.136. The van der Waals surface area contributed by atoms with Crippen LogP contribution in [0.4, 0.5) is 0 Å². The Bertz CT molecular complexity index is 657. The second-order valence-corrected chi connectivity index (χ2v) is 6.99. The lowest BCUT2D eigenvalue weighted by Gasteiger charge is -2.50. The van der Waals surface area contributed by atoms with E-state index >= 15 is 0 Å². The van der Waals surface area contributed by atoms with Gasteiger partial charge in [-0.05, 0) is 56.5 Å². The van der Waals surface area contributed by atoms with E-state index < -0.39 is 0 Å². The summed E-state index contributed by atoms with van der Waals surface area (Å²) in [5.74, 6) is 0.547. The maximum Gasteiger partial charge on any atom is 0.0671 e. The zero-order chi connectivity index (χ0) is 14.4. The number of halogens is 1. The summed E-state index contributed by atoms with van der Waals surface area (Å²) in [7, 11) is 0. The zero-order valence-corrected chi connectivity index (χ0v) is 13.0. The first-order valence-corrected chi connectivity index (χ1v) is 7.99. The quantitative estimate of drug-likeness (QED) is 0.926. The summed E-state index contributed by atoms with van der Waals surface area (Å²) in [5, 5.41) is 9.09. The van der Waals surface area contributed by atoms with Gasteiger partial charge in [0.1, 0.15) is 0 Å². The molecular formula is C16H20ClN3O. The summed E-state index contributed by atoms with van der Waals surface area (Å²) in [6.07, 6.45) is 4.15. The number of hydrogen-bond acceptors (Lipinski definition) is 3. The van der Waals surface area contributed by atoms with Gasteiger partial charge in [0, 0.05) is 10.4 Å². The monoisotopic (exact) mass is 305 g/mol. The molecule has 0 bridgehead atoms. The lowest BCUT2D eigenvalue weighted by atomic mass is 9.86. The Morgan fingerprint density at radius 2 is 2.10 bits per heavy atom. The number of likely N-dealkylation sites (tertiary alicyclic amines) is 1. The molecule has 2 aromatic rings. The van der Waals surface area contributed by atoms with Gasteiger partial charge >= 0.3 is 0 Å². The largest absolute Gasteiger partial charge is 0.377 e. The fourth-order valence-electron chi connectivity index (χ4n) is 3.60. The van der Waals surface area contributed by atoms with E-state index in [-0.39, 0.29) is 5.54 Å². The molecule has 2 aliphatic heterocycles. The number of piperidine rings is 1. The van der Waals surface area contributed by atoms with E-state index in [2.05, 4.69) is 28.1 Å². The lowest BCUT2D eigenvalue weighted by Crippen LogP contribution is -2.61. The summed E-state index contributed by atoms with van der Waals surface area (Å²) in [5.41, 5.74) is 2.61. The van der Waals surface area contributed by atoms with E-state index in [1.165, 1.54) is 5.56 Å². The number of nitrogens with one attached hydrogen (secondary N) is 1. The van der Waals surface area contributed by atoms with Crippen molar-refractivity contribution in [2.45, 2.75) is 31.2 Å². The van der Waals surface area contributed by atoms with Crippen molar-refractivity contribution < 1.29 is 4.74 Å². The first kappa shape index (κ1) is 13.6. The maximum atomic E-state index is 6.48. The van der Waals surface area contributed by atoms with Gasteiger partial charge in [-0.1, -0.05) is 11.6 Å². The first-order chi connectivity index (χ1) is 10.2. The first-order valence-electron chi connectivity index (χ1n) is 7.61. The van der Waals surface area contributed by atoms with Crippen LogP contribution in [0.3, 0.4) is 0 Å². The molecule has 112 valence electrons. The Labute approximate surface area is 129 Å². The Kier molecular flexibility index (Phi) is 3.21. The molecule has 0 aliphatic carbocycles. The van der Waals surface area contributed by atoms with Crippen LogP contribution in [0.2, 0.25) is 5.02 Å². The summed E-state index contributed by atoms with van der Waals surface area (Å²) in [6.45, 7) is 6.31.